The summed E-state index contributed by atoms with van der Waals surface area (Å²) < 4.78 is 0. The van der Waals surface area contributed by atoms with Gasteiger partial charge in [-0.05, 0) is 189 Å². The van der Waals surface area contributed by atoms with Crippen molar-refractivity contribution in [3.63, 3.8) is 0 Å². The fourth-order valence-electron chi connectivity index (χ4n) is 22.6. The van der Waals surface area contributed by atoms with Crippen LogP contribution in [0.5, 0.6) is 0 Å². The van der Waals surface area contributed by atoms with Gasteiger partial charge in [-0.1, -0.05) is 0 Å². The number of nitrogens with zero attached hydrogens (tertiary/aromatic N) is 14. The zero-order chi connectivity index (χ0) is 66.4. The van der Waals surface area contributed by atoms with E-state index in [0.717, 1.165) is 123 Å². The molecule has 520 valence electrons. The second kappa shape index (κ2) is 24.2. The zero-order valence-electron chi connectivity index (χ0n) is 59.1. The summed E-state index contributed by atoms with van der Waals surface area (Å²) >= 11 is 0. The molecule has 18 aliphatic rings. The maximum Gasteiger partial charge on any atom is 0.324 e. The molecule has 18 aliphatic heterocycles. The molecule has 6 spiro atoms. The minimum atomic E-state index is -0.593. The van der Waals surface area contributed by atoms with Gasteiger partial charge in [0.1, 0.15) is 5.54 Å². The third-order valence-corrected chi connectivity index (χ3v) is 28.1. The molecule has 18 fully saturated rings. The fourth-order valence-corrected chi connectivity index (χ4v) is 22.6. The largest absolute Gasteiger partial charge is 0.331 e. The van der Waals surface area contributed by atoms with Gasteiger partial charge >= 0.3 is 36.2 Å². The Morgan fingerprint density at radius 3 is 0.796 bits per heavy atom. The lowest BCUT2D eigenvalue weighted by molar-refractivity contribution is -0.132. The number of hydrogen-bond donors (Lipinski definition) is 4. The van der Waals surface area contributed by atoms with Crippen LogP contribution >= 0.6 is 0 Å². The van der Waals surface area contributed by atoms with Crippen LogP contribution in [0.2, 0.25) is 0 Å². The molecule has 12 bridgehead atoms. The molecule has 18 saturated heterocycles. The average molecular weight is 1300 g/mol. The summed E-state index contributed by atoms with van der Waals surface area (Å²) in [5.74, 6) is -0.0394. The third kappa shape index (κ3) is 11.6. The van der Waals surface area contributed by atoms with Crippen molar-refractivity contribution in [1.29, 1.82) is 0 Å². The first-order valence-electron chi connectivity index (χ1n) is 35.9. The standard InChI is InChI=1S/2C12H21N3O.C11H17N3O2.3C11H19N3O/c2*1-13-8-12(15(3)11(13)16)6-9-4-5-10(7-12)14(9)2;1-13-7-3-4-8(13)6-11(5-7)9(15)14(2)10(16)12-11;2*1-13-7-11(12-10(13)15)5-8-3-4-9(6-11)14(8)2;1-13-7-11(14(2)10(13)15)5-8-3-4-9(6-11)12-8/h2*9-10H,4-8H2,1-3H3;7-8H,3-6H2,1-2H3,(H,12,16);2*8-9H,3-7H2,1-2H3,(H,12,15);8-9,12H,3-7H2,1-2H3. The smallest absolute Gasteiger partial charge is 0.324 e. The van der Waals surface area contributed by atoms with Gasteiger partial charge in [-0.3, -0.25) is 9.69 Å². The summed E-state index contributed by atoms with van der Waals surface area (Å²) in [7, 11) is 28.1. The molecule has 0 radical (unpaired) electrons. The van der Waals surface area contributed by atoms with E-state index in [1.807, 2.05) is 95.6 Å². The maximum atomic E-state index is 12.1. The molecule has 13 amide bonds. The van der Waals surface area contributed by atoms with Gasteiger partial charge in [-0.15, -0.1) is 0 Å². The van der Waals surface area contributed by atoms with Crippen molar-refractivity contribution in [1.82, 2.24) is 89.9 Å². The molecular weight excluding hydrogens is 1180 g/mol. The average Bonchev–Trinajstić information content (AvgIpc) is 1.64. The van der Waals surface area contributed by atoms with Gasteiger partial charge < -0.3 is 85.0 Å². The Hall–Kier alpha value is -4.95. The van der Waals surface area contributed by atoms with Crippen molar-refractivity contribution < 1.29 is 33.6 Å². The van der Waals surface area contributed by atoms with Gasteiger partial charge in [0.05, 0.1) is 27.7 Å². The second-order valence-electron chi connectivity index (χ2n) is 33.6. The molecule has 4 N–H and O–H groups in total. The lowest BCUT2D eigenvalue weighted by atomic mass is 9.82. The Bertz CT molecular complexity index is 2710. The predicted octanol–water partition coefficient (Wildman–Crippen LogP) is 4.03. The first-order chi connectivity index (χ1) is 43.9. The Balaban J connectivity index is 0.000000102. The maximum absolute atomic E-state index is 12.1. The molecule has 18 rings (SSSR count). The van der Waals surface area contributed by atoms with E-state index >= 15 is 0 Å². The number of hydrogen-bond acceptors (Lipinski definition) is 13. The summed E-state index contributed by atoms with van der Waals surface area (Å²) in [5.41, 5.74) is -0.0319. The van der Waals surface area contributed by atoms with Crippen molar-refractivity contribution in [3.8, 4) is 0 Å². The van der Waals surface area contributed by atoms with Gasteiger partial charge in [-0.2, -0.15) is 0 Å². The van der Waals surface area contributed by atoms with E-state index in [1.165, 1.54) is 69.1 Å². The number of amides is 13. The third-order valence-electron chi connectivity index (χ3n) is 28.1. The van der Waals surface area contributed by atoms with Crippen LogP contribution in [0.15, 0.2) is 0 Å². The highest BCUT2D eigenvalue weighted by Crippen LogP contribution is 2.49. The van der Waals surface area contributed by atoms with E-state index in [-0.39, 0.29) is 69.8 Å². The Morgan fingerprint density at radius 2 is 0.559 bits per heavy atom. The van der Waals surface area contributed by atoms with E-state index in [0.29, 0.717) is 72.5 Å². The van der Waals surface area contributed by atoms with Gasteiger partial charge in [0, 0.05) is 169 Å². The summed E-state index contributed by atoms with van der Waals surface area (Å²) in [6, 6.07) is 8.30. The summed E-state index contributed by atoms with van der Waals surface area (Å²) in [4.78, 5) is 111. The molecule has 18 heterocycles. The zero-order valence-corrected chi connectivity index (χ0v) is 59.1. The van der Waals surface area contributed by atoms with Crippen LogP contribution in [0.4, 0.5) is 28.8 Å². The van der Waals surface area contributed by atoms with E-state index in [2.05, 4.69) is 81.0 Å². The quantitative estimate of drug-likeness (QED) is 0.253. The lowest BCUT2D eigenvalue weighted by Crippen LogP contribution is -2.58. The number of carbonyl (C=O) groups is 7. The lowest BCUT2D eigenvalue weighted by Gasteiger charge is -2.45. The summed E-state index contributed by atoms with van der Waals surface area (Å²) in [6.07, 6.45) is 28.4. The first kappa shape index (κ1) is 66.7. The number of urea groups is 6. The van der Waals surface area contributed by atoms with Crippen LogP contribution < -0.4 is 21.3 Å². The molecule has 0 aromatic carbocycles. The summed E-state index contributed by atoms with van der Waals surface area (Å²) in [5, 5.41) is 12.9. The van der Waals surface area contributed by atoms with Crippen LogP contribution in [0.1, 0.15) is 154 Å². The van der Waals surface area contributed by atoms with Crippen molar-refractivity contribution in [2.45, 2.75) is 260 Å². The molecule has 0 aromatic rings. The number of rotatable bonds is 0. The Morgan fingerprint density at radius 1 is 0.290 bits per heavy atom. The van der Waals surface area contributed by atoms with Crippen LogP contribution in [0, 0.1) is 0 Å². The van der Waals surface area contributed by atoms with Gasteiger partial charge in [0.2, 0.25) is 0 Å². The Kier molecular flexibility index (Phi) is 17.4. The minimum absolute atomic E-state index is 0.0394. The van der Waals surface area contributed by atoms with Crippen LogP contribution in [-0.4, -0.2) is 348 Å². The summed E-state index contributed by atoms with van der Waals surface area (Å²) in [6.45, 7) is 4.54. The Labute approximate surface area is 554 Å². The van der Waals surface area contributed by atoms with Crippen molar-refractivity contribution >= 4 is 42.1 Å². The highest BCUT2D eigenvalue weighted by Gasteiger charge is 2.60. The van der Waals surface area contributed by atoms with E-state index in [1.54, 1.807) is 7.05 Å². The normalized spacial score (nSPS) is 44.3. The molecule has 93 heavy (non-hydrogen) atoms. The van der Waals surface area contributed by atoms with Crippen molar-refractivity contribution in [3.05, 3.63) is 0 Å². The number of nitrogens with one attached hydrogen (secondary N) is 4. The molecule has 0 saturated carbocycles. The van der Waals surface area contributed by atoms with Crippen LogP contribution in [-0.2, 0) is 4.79 Å². The van der Waals surface area contributed by atoms with E-state index < -0.39 is 5.54 Å². The molecular formula is C68H116N18O7. The number of imide groups is 1. The van der Waals surface area contributed by atoms with Gasteiger partial charge in [0.25, 0.3) is 5.91 Å². The first-order valence-corrected chi connectivity index (χ1v) is 35.9. The minimum Gasteiger partial charge on any atom is -0.331 e. The topological polar surface area (TPSA) is 213 Å². The van der Waals surface area contributed by atoms with Crippen molar-refractivity contribution in [2.75, 3.05) is 131 Å². The molecule has 12 atom stereocenters. The van der Waals surface area contributed by atoms with Gasteiger partial charge in [0.15, 0.2) is 0 Å². The highest BCUT2D eigenvalue weighted by molar-refractivity contribution is 6.07. The fraction of sp³-hybridized carbons (Fsp3) is 0.897. The number of fused-ring (bicyclic) bond motifs is 12. The van der Waals surface area contributed by atoms with E-state index in [4.69, 9.17) is 0 Å². The molecule has 12 unspecified atom stereocenters. The molecule has 0 aromatic heterocycles. The number of likely N-dealkylation sites (N-methyl/N-ethyl adjacent to an activating group) is 9. The van der Waals surface area contributed by atoms with Crippen LogP contribution in [0.3, 0.4) is 0 Å². The van der Waals surface area contributed by atoms with Crippen molar-refractivity contribution in [2.24, 2.45) is 0 Å². The number of piperidine rings is 6. The second-order valence-corrected chi connectivity index (χ2v) is 33.6. The molecule has 0 aliphatic carbocycles. The predicted molar refractivity (Wildman–Crippen MR) is 356 cm³/mol. The molecule has 25 heteroatoms. The molecule has 25 nitrogen and oxygen atoms in total. The van der Waals surface area contributed by atoms with E-state index in [9.17, 15) is 33.6 Å². The highest BCUT2D eigenvalue weighted by atomic mass is 16.2. The van der Waals surface area contributed by atoms with Gasteiger partial charge in [-0.25, -0.2) is 28.8 Å². The van der Waals surface area contributed by atoms with Crippen LogP contribution in [0.25, 0.3) is 0 Å². The number of carbonyl (C=O) groups excluding carboxylic acids is 7. The monoisotopic (exact) mass is 1300 g/mol. The SMILES string of the molecule is CN1C(=O)NC2(CC3CCC(C2)N3C)C1=O.CN1CC2(CC3CCC(C2)N3)N(C)C1=O.CN1CC2(CC3CCC(C2)N3C)N(C)C1=O.CN1CC2(CC3CCC(C2)N3C)N(C)C1=O.CN1CC2(CC3CCC(C2)N3C)NC1=O.CN1CC2(CC3CCC(C2)N3C)NC1=O.